The molecule has 0 atom stereocenters. The van der Waals surface area contributed by atoms with Gasteiger partial charge in [0.15, 0.2) is 0 Å². The zero-order valence-electron chi connectivity index (χ0n) is 23.9. The summed E-state index contributed by atoms with van der Waals surface area (Å²) in [6.45, 7) is 10.2. The molecule has 0 radical (unpaired) electrons. The molecule has 1 aliphatic heterocycles. The Hall–Kier alpha value is -3.43. The third-order valence-electron chi connectivity index (χ3n) is 8.13. The second kappa shape index (κ2) is 12.0. The Kier molecular flexibility index (Phi) is 8.42. The maximum absolute atomic E-state index is 14.7. The molecule has 1 saturated carbocycles. The van der Waals surface area contributed by atoms with Gasteiger partial charge in [0, 0.05) is 42.6 Å². The number of hydrogen-bond acceptors (Lipinski definition) is 5. The Morgan fingerprint density at radius 3 is 2.52 bits per heavy atom. The first-order valence-corrected chi connectivity index (χ1v) is 14.4. The molecule has 3 aromatic rings. The van der Waals surface area contributed by atoms with Crippen LogP contribution in [-0.2, 0) is 23.1 Å². The lowest BCUT2D eigenvalue weighted by atomic mass is 9.68. The Labute approximate surface area is 237 Å². The van der Waals surface area contributed by atoms with Crippen molar-refractivity contribution in [2.75, 3.05) is 26.2 Å². The largest absolute Gasteiger partial charge is 0.493 e. The van der Waals surface area contributed by atoms with Gasteiger partial charge in [-0.3, -0.25) is 4.79 Å². The predicted octanol–water partition coefficient (Wildman–Crippen LogP) is 6.51. The highest BCUT2D eigenvalue weighted by Gasteiger charge is 2.42. The molecule has 1 spiro atoms. The van der Waals surface area contributed by atoms with E-state index in [1.54, 1.807) is 12.1 Å². The van der Waals surface area contributed by atoms with E-state index >= 15 is 0 Å². The van der Waals surface area contributed by atoms with Crippen molar-refractivity contribution in [3.63, 3.8) is 0 Å². The van der Waals surface area contributed by atoms with E-state index in [-0.39, 0.29) is 23.4 Å². The zero-order valence-corrected chi connectivity index (χ0v) is 23.9. The summed E-state index contributed by atoms with van der Waals surface area (Å²) in [5.41, 5.74) is 3.12. The summed E-state index contributed by atoms with van der Waals surface area (Å²) in [6.07, 6.45) is 7.01. The summed E-state index contributed by atoms with van der Waals surface area (Å²) in [5, 5.41) is 4.03. The van der Waals surface area contributed by atoms with Crippen molar-refractivity contribution >= 4 is 5.78 Å². The lowest BCUT2D eigenvalue weighted by Gasteiger charge is -2.38. The second-order valence-electron chi connectivity index (χ2n) is 12.5. The van der Waals surface area contributed by atoms with Gasteiger partial charge in [0.1, 0.15) is 23.1 Å². The average molecular weight is 543 g/mol. The van der Waals surface area contributed by atoms with Crippen molar-refractivity contribution < 1.29 is 18.4 Å². The van der Waals surface area contributed by atoms with E-state index < -0.39 is 0 Å². The molecule has 2 aliphatic rings. The minimum Gasteiger partial charge on any atom is -0.493 e. The second-order valence-corrected chi connectivity index (χ2v) is 12.5. The summed E-state index contributed by atoms with van der Waals surface area (Å²) in [6, 6.07) is 14.2. The Balaban J connectivity index is 1.07. The smallest absolute Gasteiger partial charge is 0.143 e. The lowest BCUT2D eigenvalue weighted by Crippen LogP contribution is -2.33. The van der Waals surface area contributed by atoms with Crippen LogP contribution in [0.1, 0.15) is 81.0 Å². The third-order valence-corrected chi connectivity index (χ3v) is 8.13. The van der Waals surface area contributed by atoms with Crippen LogP contribution in [0, 0.1) is 23.1 Å². The van der Waals surface area contributed by atoms with Gasteiger partial charge >= 0.3 is 0 Å². The van der Waals surface area contributed by atoms with Crippen LogP contribution in [0.4, 0.5) is 4.39 Å². The van der Waals surface area contributed by atoms with Gasteiger partial charge in [-0.25, -0.2) is 4.39 Å². The predicted molar refractivity (Wildman–Crippen MR) is 154 cm³/mol. The van der Waals surface area contributed by atoms with E-state index in [1.807, 2.05) is 51.1 Å². The summed E-state index contributed by atoms with van der Waals surface area (Å²) in [5.74, 6) is 6.91. The van der Waals surface area contributed by atoms with Gasteiger partial charge in [0.05, 0.1) is 24.3 Å². The standard InChI is InChI=1S/C34H39FN2O3/c1-33(2,3)32-22-28(36-40-32)21-29(38)20-26-8-6-25(7-9-26)10-11-27-12-13-30(23-31(27)35)39-19-5-17-37-18-16-34(24-37)14-4-15-34/h6-9,12-13,22-23H,4-5,14-21,24H2,1-3H3. The first kappa shape index (κ1) is 28.1. The van der Waals surface area contributed by atoms with E-state index in [0.29, 0.717) is 35.4 Å². The van der Waals surface area contributed by atoms with Crippen LogP contribution >= 0.6 is 0 Å². The number of rotatable bonds is 9. The average Bonchev–Trinajstić information content (AvgIpc) is 3.55. The summed E-state index contributed by atoms with van der Waals surface area (Å²) in [7, 11) is 0. The normalized spacial score (nSPS) is 16.4. The summed E-state index contributed by atoms with van der Waals surface area (Å²) < 4.78 is 25.8. The highest BCUT2D eigenvalue weighted by molar-refractivity contribution is 5.82. The molecule has 2 fully saturated rings. The monoisotopic (exact) mass is 542 g/mol. The zero-order chi connectivity index (χ0) is 28.2. The van der Waals surface area contributed by atoms with Gasteiger partial charge < -0.3 is 14.2 Å². The van der Waals surface area contributed by atoms with E-state index in [0.717, 1.165) is 29.9 Å². The van der Waals surface area contributed by atoms with E-state index in [4.69, 9.17) is 9.26 Å². The number of carbonyl (C=O) groups is 1. The van der Waals surface area contributed by atoms with Gasteiger partial charge in [0.2, 0.25) is 0 Å². The van der Waals surface area contributed by atoms with Gasteiger partial charge in [-0.05, 0) is 67.5 Å². The van der Waals surface area contributed by atoms with Crippen molar-refractivity contribution in [1.29, 1.82) is 0 Å². The molecule has 1 saturated heterocycles. The molecule has 210 valence electrons. The first-order valence-electron chi connectivity index (χ1n) is 14.4. The molecule has 0 unspecified atom stereocenters. The van der Waals surface area contributed by atoms with Crippen molar-refractivity contribution in [2.24, 2.45) is 5.41 Å². The molecular weight excluding hydrogens is 503 g/mol. The van der Waals surface area contributed by atoms with Crippen LogP contribution < -0.4 is 4.74 Å². The van der Waals surface area contributed by atoms with Crippen LogP contribution in [0.5, 0.6) is 5.75 Å². The highest BCUT2D eigenvalue weighted by atomic mass is 19.1. The van der Waals surface area contributed by atoms with Gasteiger partial charge in [-0.2, -0.15) is 0 Å². The molecule has 1 aliphatic carbocycles. The van der Waals surface area contributed by atoms with E-state index in [2.05, 4.69) is 21.9 Å². The lowest BCUT2D eigenvalue weighted by molar-refractivity contribution is -0.117. The number of likely N-dealkylation sites (tertiary alicyclic amines) is 1. The number of halogens is 1. The molecule has 2 heterocycles. The highest BCUT2D eigenvalue weighted by Crippen LogP contribution is 2.47. The minimum absolute atomic E-state index is 0.0649. The molecule has 0 N–H and O–H groups in total. The number of Topliss-reactive ketones (excluding diaryl/α,β-unsaturated/α-hetero) is 1. The van der Waals surface area contributed by atoms with Gasteiger partial charge in [-0.15, -0.1) is 0 Å². The van der Waals surface area contributed by atoms with Crippen LogP contribution in [0.15, 0.2) is 53.1 Å². The number of carbonyl (C=O) groups excluding carboxylic acids is 1. The van der Waals surface area contributed by atoms with Crippen LogP contribution in [-0.4, -0.2) is 42.1 Å². The molecule has 5 nitrogen and oxygen atoms in total. The van der Waals surface area contributed by atoms with Crippen molar-refractivity contribution in [2.45, 2.75) is 71.1 Å². The number of aromatic nitrogens is 1. The van der Waals surface area contributed by atoms with Crippen molar-refractivity contribution in [1.82, 2.24) is 10.1 Å². The number of ketones is 1. The van der Waals surface area contributed by atoms with Crippen LogP contribution in [0.25, 0.3) is 0 Å². The Morgan fingerprint density at radius 2 is 1.88 bits per heavy atom. The minimum atomic E-state index is -0.388. The summed E-state index contributed by atoms with van der Waals surface area (Å²) >= 11 is 0. The van der Waals surface area contributed by atoms with E-state index in [9.17, 15) is 9.18 Å². The molecule has 0 bridgehead atoms. The molecule has 1 aromatic heterocycles. The van der Waals surface area contributed by atoms with Gasteiger partial charge in [0.25, 0.3) is 0 Å². The topological polar surface area (TPSA) is 55.6 Å². The maximum atomic E-state index is 14.7. The maximum Gasteiger partial charge on any atom is 0.143 e. The molecule has 40 heavy (non-hydrogen) atoms. The summed E-state index contributed by atoms with van der Waals surface area (Å²) in [4.78, 5) is 15.1. The fourth-order valence-electron chi connectivity index (χ4n) is 5.55. The third kappa shape index (κ3) is 7.20. The van der Waals surface area contributed by atoms with Crippen LogP contribution in [0.3, 0.4) is 0 Å². The Bertz CT molecular complexity index is 1390. The van der Waals surface area contributed by atoms with Gasteiger partial charge in [-0.1, -0.05) is 56.3 Å². The first-order chi connectivity index (χ1) is 19.2. The molecule has 6 heteroatoms. The molecular formula is C34H39FN2O3. The Morgan fingerprint density at radius 1 is 1.07 bits per heavy atom. The SMILES string of the molecule is CC(C)(C)c1cc(CC(=O)Cc2ccc(C#Cc3ccc(OCCCN4CCC5(CCC5)C4)cc3F)cc2)no1. The number of benzene rings is 2. The van der Waals surface area contributed by atoms with Crippen molar-refractivity contribution in [3.05, 3.63) is 82.5 Å². The number of ether oxygens (including phenoxy) is 1. The quantitative estimate of drug-likeness (QED) is 0.228. The number of hydrogen-bond donors (Lipinski definition) is 0. The molecule has 0 amide bonds. The van der Waals surface area contributed by atoms with Crippen LogP contribution in [0.2, 0.25) is 0 Å². The number of nitrogens with zero attached hydrogens (tertiary/aromatic N) is 2. The molecule has 2 aromatic carbocycles. The fraction of sp³-hybridized carbons (Fsp3) is 0.471. The van der Waals surface area contributed by atoms with E-state index in [1.165, 1.54) is 44.8 Å². The molecule has 5 rings (SSSR count). The van der Waals surface area contributed by atoms with Crippen molar-refractivity contribution in [3.8, 4) is 17.6 Å². The fourth-order valence-corrected chi connectivity index (χ4v) is 5.55.